The first-order chi connectivity index (χ1) is 25.3. The summed E-state index contributed by atoms with van der Waals surface area (Å²) in [7, 11) is 0. The van der Waals surface area contributed by atoms with Crippen molar-refractivity contribution in [2.75, 3.05) is 0 Å². The maximum absolute atomic E-state index is 6.71. The summed E-state index contributed by atoms with van der Waals surface area (Å²) in [5, 5.41) is 6.24. The maximum atomic E-state index is 6.71. The molecule has 0 atom stereocenters. The molecule has 0 fully saturated rings. The summed E-state index contributed by atoms with van der Waals surface area (Å²) in [6.45, 7) is 0. The summed E-state index contributed by atoms with van der Waals surface area (Å²) in [5.74, 6) is 1.60. The van der Waals surface area contributed by atoms with Gasteiger partial charge in [0.25, 0.3) is 0 Å². The molecule has 0 saturated heterocycles. The first-order valence-corrected chi connectivity index (χ1v) is 16.9. The van der Waals surface area contributed by atoms with Crippen LogP contribution in [0.4, 0.5) is 0 Å². The Kier molecular flexibility index (Phi) is 5.86. The van der Waals surface area contributed by atoms with Gasteiger partial charge in [-0.2, -0.15) is 0 Å². The summed E-state index contributed by atoms with van der Waals surface area (Å²) >= 11 is 0. The Morgan fingerprint density at radius 2 is 0.863 bits per heavy atom. The highest BCUT2D eigenvalue weighted by molar-refractivity contribution is 6.17. The zero-order valence-electron chi connectivity index (χ0n) is 27.0. The molecule has 0 saturated carbocycles. The van der Waals surface area contributed by atoms with Crippen molar-refractivity contribution in [1.29, 1.82) is 0 Å². The van der Waals surface area contributed by atoms with Crippen LogP contribution in [0.5, 0.6) is 0 Å². The minimum atomic E-state index is 0.513. The molecule has 0 amide bonds. The molecular weight excluding hydrogens is 631 g/mol. The van der Waals surface area contributed by atoms with Crippen LogP contribution in [0.2, 0.25) is 0 Å². The summed E-state index contributed by atoms with van der Waals surface area (Å²) in [5.41, 5.74) is 9.36. The molecule has 11 rings (SSSR count). The smallest absolute Gasteiger partial charge is 0.167 e. The number of fused-ring (bicyclic) bond motifs is 9. The quantitative estimate of drug-likeness (QED) is 0.188. The Morgan fingerprint density at radius 1 is 0.314 bits per heavy atom. The van der Waals surface area contributed by atoms with E-state index in [2.05, 4.69) is 54.6 Å². The molecule has 0 unspecified atom stereocenters. The van der Waals surface area contributed by atoms with E-state index in [0.717, 1.165) is 88.0 Å². The van der Waals surface area contributed by atoms with Gasteiger partial charge in [-0.15, -0.1) is 0 Å². The molecular formula is C45H25N3O3. The topological polar surface area (TPSA) is 78.1 Å². The number of benzene rings is 7. The van der Waals surface area contributed by atoms with Gasteiger partial charge in [-0.1, -0.05) is 109 Å². The van der Waals surface area contributed by atoms with E-state index in [4.69, 9.17) is 28.2 Å². The predicted molar refractivity (Wildman–Crippen MR) is 203 cm³/mol. The summed E-state index contributed by atoms with van der Waals surface area (Å²) in [4.78, 5) is 15.3. The van der Waals surface area contributed by atoms with Crippen LogP contribution in [-0.4, -0.2) is 15.0 Å². The molecule has 0 aliphatic heterocycles. The van der Waals surface area contributed by atoms with E-state index in [1.807, 2.05) is 97.1 Å². The van der Waals surface area contributed by atoms with Gasteiger partial charge in [-0.25, -0.2) is 15.0 Å². The van der Waals surface area contributed by atoms with E-state index in [1.165, 1.54) is 0 Å². The molecule has 0 bridgehead atoms. The fraction of sp³-hybridized carbons (Fsp3) is 0. The monoisotopic (exact) mass is 655 g/mol. The van der Waals surface area contributed by atoms with Crippen molar-refractivity contribution in [3.05, 3.63) is 152 Å². The Balaban J connectivity index is 1.17. The highest BCUT2D eigenvalue weighted by Crippen LogP contribution is 2.43. The van der Waals surface area contributed by atoms with E-state index in [9.17, 15) is 0 Å². The first-order valence-electron chi connectivity index (χ1n) is 16.9. The molecule has 6 heteroatoms. The van der Waals surface area contributed by atoms with Gasteiger partial charge in [0.2, 0.25) is 0 Å². The van der Waals surface area contributed by atoms with Crippen LogP contribution in [0.25, 0.3) is 111 Å². The van der Waals surface area contributed by atoms with Gasteiger partial charge < -0.3 is 13.3 Å². The molecule has 51 heavy (non-hydrogen) atoms. The van der Waals surface area contributed by atoms with Gasteiger partial charge in [-0.3, -0.25) is 0 Å². The minimum absolute atomic E-state index is 0.513. The third-order valence-electron chi connectivity index (χ3n) is 9.77. The second-order valence-corrected chi connectivity index (χ2v) is 12.7. The molecule has 7 aromatic carbocycles. The molecule has 0 N–H and O–H groups in total. The van der Waals surface area contributed by atoms with E-state index >= 15 is 0 Å². The fourth-order valence-corrected chi connectivity index (χ4v) is 7.39. The number of para-hydroxylation sites is 4. The minimum Gasteiger partial charge on any atom is -0.456 e. The van der Waals surface area contributed by atoms with Crippen molar-refractivity contribution in [2.24, 2.45) is 0 Å². The summed E-state index contributed by atoms with van der Waals surface area (Å²) < 4.78 is 19.3. The Labute approximate surface area is 290 Å². The van der Waals surface area contributed by atoms with Crippen molar-refractivity contribution < 1.29 is 13.3 Å². The zero-order chi connectivity index (χ0) is 33.5. The van der Waals surface area contributed by atoms with Crippen LogP contribution in [-0.2, 0) is 0 Å². The van der Waals surface area contributed by atoms with Gasteiger partial charge in [0.05, 0.1) is 11.1 Å². The van der Waals surface area contributed by atoms with Crippen molar-refractivity contribution in [1.82, 2.24) is 15.0 Å². The summed E-state index contributed by atoms with van der Waals surface area (Å²) in [6.07, 6.45) is 0. The lowest BCUT2D eigenvalue weighted by Crippen LogP contribution is -2.00. The molecule has 6 nitrogen and oxygen atoms in total. The predicted octanol–water partition coefficient (Wildman–Crippen LogP) is 12.2. The molecule has 0 radical (unpaired) electrons. The normalized spacial score (nSPS) is 11.9. The van der Waals surface area contributed by atoms with Gasteiger partial charge in [0.1, 0.15) is 33.5 Å². The average molecular weight is 656 g/mol. The van der Waals surface area contributed by atoms with Crippen molar-refractivity contribution in [3.8, 4) is 45.3 Å². The number of hydrogen-bond acceptors (Lipinski definition) is 6. The Morgan fingerprint density at radius 3 is 1.65 bits per heavy atom. The SMILES string of the molecule is c1ccc(-c2nc(-c3cccc4c3oc3ccccc34)nc(-c3ccc(-c4ccc5oc6ccccc6c5c4)c4c3oc3ccccc34)n2)cc1. The van der Waals surface area contributed by atoms with Gasteiger partial charge in [0.15, 0.2) is 17.5 Å². The van der Waals surface area contributed by atoms with Gasteiger partial charge in [-0.05, 0) is 53.6 Å². The fourth-order valence-electron chi connectivity index (χ4n) is 7.39. The van der Waals surface area contributed by atoms with Crippen LogP contribution < -0.4 is 0 Å². The molecule has 4 aromatic heterocycles. The molecule has 238 valence electrons. The van der Waals surface area contributed by atoms with Crippen molar-refractivity contribution in [3.63, 3.8) is 0 Å². The maximum Gasteiger partial charge on any atom is 0.167 e. The third-order valence-corrected chi connectivity index (χ3v) is 9.77. The van der Waals surface area contributed by atoms with Crippen LogP contribution >= 0.6 is 0 Å². The number of rotatable bonds is 4. The molecule has 0 aliphatic rings. The standard InChI is InChI=1S/C45H25N3O3/c1-2-11-26(12-3-1)43-46-44(33-17-10-16-31-29-13-4-8-19-37(29)50-41(31)33)48-45(47-43)34-23-22-28(40-32-15-6-9-20-38(32)51-42(34)40)27-21-24-39-35(25-27)30-14-5-7-18-36(30)49-39/h1-25H. The van der Waals surface area contributed by atoms with E-state index in [0.29, 0.717) is 23.1 Å². The zero-order valence-corrected chi connectivity index (χ0v) is 27.0. The molecule has 4 heterocycles. The third kappa shape index (κ3) is 4.26. The van der Waals surface area contributed by atoms with Crippen LogP contribution in [0, 0.1) is 0 Å². The highest BCUT2D eigenvalue weighted by Gasteiger charge is 2.22. The lowest BCUT2D eigenvalue weighted by Gasteiger charge is -2.11. The van der Waals surface area contributed by atoms with Crippen molar-refractivity contribution in [2.45, 2.75) is 0 Å². The Bertz CT molecular complexity index is 3150. The van der Waals surface area contributed by atoms with Crippen molar-refractivity contribution >= 4 is 65.8 Å². The van der Waals surface area contributed by atoms with Gasteiger partial charge in [0, 0.05) is 37.9 Å². The van der Waals surface area contributed by atoms with Crippen LogP contribution in [0.3, 0.4) is 0 Å². The highest BCUT2D eigenvalue weighted by atomic mass is 16.3. The van der Waals surface area contributed by atoms with Gasteiger partial charge >= 0.3 is 0 Å². The molecule has 0 spiro atoms. The number of furan rings is 3. The number of nitrogens with zero attached hydrogens (tertiary/aromatic N) is 3. The van der Waals surface area contributed by atoms with E-state index in [1.54, 1.807) is 0 Å². The molecule has 11 aromatic rings. The second-order valence-electron chi connectivity index (χ2n) is 12.7. The largest absolute Gasteiger partial charge is 0.456 e. The lowest BCUT2D eigenvalue weighted by molar-refractivity contribution is 0.668. The van der Waals surface area contributed by atoms with Crippen LogP contribution in [0.15, 0.2) is 165 Å². The Hall–Kier alpha value is -7.05. The second kappa shape index (κ2) is 10.7. The van der Waals surface area contributed by atoms with E-state index in [-0.39, 0.29) is 0 Å². The average Bonchev–Trinajstić information content (AvgIpc) is 3.89. The lowest BCUT2D eigenvalue weighted by atomic mass is 9.95. The van der Waals surface area contributed by atoms with E-state index < -0.39 is 0 Å². The number of hydrogen-bond donors (Lipinski definition) is 0. The molecule has 0 aliphatic carbocycles. The summed E-state index contributed by atoms with van der Waals surface area (Å²) in [6, 6.07) is 51.1. The first kappa shape index (κ1) is 27.9. The van der Waals surface area contributed by atoms with Crippen LogP contribution in [0.1, 0.15) is 0 Å². The number of aromatic nitrogens is 3.